The quantitative estimate of drug-likeness (QED) is 0.342. The first-order chi connectivity index (χ1) is 16.9. The van der Waals surface area contributed by atoms with Gasteiger partial charge in [0, 0.05) is 32.0 Å². The molecule has 1 aliphatic carbocycles. The van der Waals surface area contributed by atoms with Gasteiger partial charge in [-0.2, -0.15) is 26.3 Å². The molecule has 1 unspecified atom stereocenters. The molecule has 36 heavy (non-hydrogen) atoms. The Labute approximate surface area is 206 Å². The topological polar surface area (TPSA) is 29.5 Å². The summed E-state index contributed by atoms with van der Waals surface area (Å²) in [7, 11) is 1.60. The molecule has 2 aromatic carbocycles. The highest BCUT2D eigenvalue weighted by atomic mass is 19.4. The van der Waals surface area contributed by atoms with Crippen molar-refractivity contribution >= 4 is 5.91 Å². The minimum atomic E-state index is -4.45. The fourth-order valence-electron chi connectivity index (χ4n) is 3.95. The number of likely N-dealkylation sites (N-methyl/N-ethyl adjacent to an activating group) is 1. The van der Waals surface area contributed by atoms with Crippen molar-refractivity contribution in [2.24, 2.45) is 0 Å². The normalized spacial score (nSPS) is 16.0. The summed E-state index contributed by atoms with van der Waals surface area (Å²) in [6.45, 7) is 1.91. The molecule has 0 spiro atoms. The highest BCUT2D eigenvalue weighted by Crippen LogP contribution is 2.35. The van der Waals surface area contributed by atoms with Crippen LogP contribution < -0.4 is 0 Å². The molecular weight excluding hydrogens is 484 g/mol. The molecule has 2 aromatic rings. The van der Waals surface area contributed by atoms with Crippen molar-refractivity contribution in [2.45, 2.75) is 50.6 Å². The van der Waals surface area contributed by atoms with Gasteiger partial charge in [-0.15, -0.1) is 0 Å². The molecule has 0 radical (unpaired) electrons. The molecule has 0 fully saturated rings. The first-order valence-electron chi connectivity index (χ1n) is 11.5. The maximum atomic E-state index is 12.9. The van der Waals surface area contributed by atoms with Gasteiger partial charge < -0.3 is 9.64 Å². The molecule has 0 aliphatic heterocycles. The summed E-state index contributed by atoms with van der Waals surface area (Å²) in [5, 5.41) is 0. The van der Waals surface area contributed by atoms with Crippen LogP contribution in [0, 0.1) is 0 Å². The van der Waals surface area contributed by atoms with Gasteiger partial charge in [-0.3, -0.25) is 4.79 Å². The van der Waals surface area contributed by atoms with E-state index < -0.39 is 35.5 Å². The predicted molar refractivity (Wildman–Crippen MR) is 124 cm³/mol. The van der Waals surface area contributed by atoms with Gasteiger partial charge >= 0.3 is 12.4 Å². The Morgan fingerprint density at radius 2 is 1.53 bits per heavy atom. The number of halogens is 6. The van der Waals surface area contributed by atoms with E-state index in [-0.39, 0.29) is 25.3 Å². The van der Waals surface area contributed by atoms with Gasteiger partial charge in [0.15, 0.2) is 0 Å². The zero-order chi connectivity index (χ0) is 26.5. The molecule has 0 aromatic heterocycles. The van der Waals surface area contributed by atoms with Crippen molar-refractivity contribution in [1.82, 2.24) is 4.90 Å². The van der Waals surface area contributed by atoms with E-state index in [2.05, 4.69) is 0 Å². The van der Waals surface area contributed by atoms with Crippen molar-refractivity contribution in [2.75, 3.05) is 13.6 Å². The number of ether oxygens (including phenoxy) is 1. The van der Waals surface area contributed by atoms with Crippen LogP contribution in [0.2, 0.25) is 0 Å². The lowest BCUT2D eigenvalue weighted by atomic mass is 9.98. The number of rotatable bonds is 8. The Balaban J connectivity index is 1.67. The van der Waals surface area contributed by atoms with Crippen LogP contribution in [-0.4, -0.2) is 30.6 Å². The van der Waals surface area contributed by atoms with Gasteiger partial charge in [0.05, 0.1) is 17.2 Å². The van der Waals surface area contributed by atoms with Crippen LogP contribution in [-0.2, 0) is 15.7 Å². The van der Waals surface area contributed by atoms with Gasteiger partial charge in [-0.1, -0.05) is 48.5 Å². The third-order valence-electron chi connectivity index (χ3n) is 6.15. The number of nitrogens with zero attached hydrogens (tertiary/aromatic N) is 1. The van der Waals surface area contributed by atoms with E-state index in [4.69, 9.17) is 4.74 Å². The largest absolute Gasteiger partial charge is 0.490 e. The second kappa shape index (κ2) is 11.2. The van der Waals surface area contributed by atoms with Crippen LogP contribution in [0.5, 0.6) is 0 Å². The molecule has 9 heteroatoms. The molecule has 0 saturated heterocycles. The fourth-order valence-corrected chi connectivity index (χ4v) is 3.95. The van der Waals surface area contributed by atoms with Gasteiger partial charge in [-0.05, 0) is 42.7 Å². The molecule has 0 saturated carbocycles. The Hall–Kier alpha value is -3.23. The summed E-state index contributed by atoms with van der Waals surface area (Å²) in [6.07, 6.45) is -6.62. The molecule has 0 heterocycles. The summed E-state index contributed by atoms with van der Waals surface area (Å²) in [4.78, 5) is 14.4. The molecule has 1 aliphatic rings. The summed E-state index contributed by atoms with van der Waals surface area (Å²) in [6, 6.07) is 13.7. The van der Waals surface area contributed by atoms with Crippen molar-refractivity contribution in [1.29, 1.82) is 0 Å². The number of benzene rings is 2. The molecular formula is C27H27F6NO2. The minimum Gasteiger partial charge on any atom is -0.490 e. The summed E-state index contributed by atoms with van der Waals surface area (Å²) >= 11 is 0. The second-order valence-electron chi connectivity index (χ2n) is 8.73. The third-order valence-corrected chi connectivity index (χ3v) is 6.15. The molecule has 1 amide bonds. The number of hydrogen-bond donors (Lipinski definition) is 0. The number of alkyl halides is 6. The number of allylic oxidation sites excluding steroid dienone is 4. The molecule has 0 bridgehead atoms. The number of carbonyl (C=O) groups is 1. The van der Waals surface area contributed by atoms with Crippen molar-refractivity contribution < 1.29 is 35.9 Å². The summed E-state index contributed by atoms with van der Waals surface area (Å²) < 4.78 is 83.3. The fraction of sp³-hybridized carbons (Fsp3) is 0.370. The highest BCUT2D eigenvalue weighted by Gasteiger charge is 2.34. The average Bonchev–Trinajstić information content (AvgIpc) is 2.85. The Kier molecular flexibility index (Phi) is 8.53. The monoisotopic (exact) mass is 511 g/mol. The van der Waals surface area contributed by atoms with E-state index in [0.717, 1.165) is 23.8 Å². The molecule has 2 atom stereocenters. The highest BCUT2D eigenvalue weighted by molar-refractivity contribution is 5.83. The molecule has 0 N–H and O–H groups in total. The van der Waals surface area contributed by atoms with Crippen LogP contribution in [0.25, 0.3) is 0 Å². The molecule has 3 rings (SSSR count). The Bertz CT molecular complexity index is 1090. The lowest BCUT2D eigenvalue weighted by Gasteiger charge is -2.27. The standard InChI is InChI=1S/C27H27F6NO2/c1-18(19-8-10-21(11-9-19)26(28,29)30)25(35)34(2)17-16-24(20-6-4-3-5-7-20)36-23-14-12-22(13-15-23)27(31,32)33/h3-12,14,18,24H,13,15-17H2,1-2H3/t18?,24-/m1/s1. The number of carbonyl (C=O) groups excluding carboxylic acids is 1. The van der Waals surface area contributed by atoms with Gasteiger partial charge in [-0.25, -0.2) is 0 Å². The van der Waals surface area contributed by atoms with Crippen molar-refractivity contribution in [3.05, 3.63) is 94.8 Å². The minimum absolute atomic E-state index is 0.119. The van der Waals surface area contributed by atoms with E-state index in [1.54, 1.807) is 14.0 Å². The van der Waals surface area contributed by atoms with Gasteiger partial charge in [0.2, 0.25) is 5.91 Å². The van der Waals surface area contributed by atoms with Crippen LogP contribution in [0.15, 0.2) is 78.1 Å². The lowest BCUT2D eigenvalue weighted by molar-refractivity contribution is -0.137. The third kappa shape index (κ3) is 7.15. The van der Waals surface area contributed by atoms with Crippen LogP contribution in [0.3, 0.4) is 0 Å². The van der Waals surface area contributed by atoms with Crippen LogP contribution in [0.1, 0.15) is 54.9 Å². The van der Waals surface area contributed by atoms with E-state index in [0.29, 0.717) is 17.7 Å². The second-order valence-corrected chi connectivity index (χ2v) is 8.73. The summed E-state index contributed by atoms with van der Waals surface area (Å²) in [5.74, 6) is -0.486. The molecule has 194 valence electrons. The maximum absolute atomic E-state index is 12.9. The van der Waals surface area contributed by atoms with E-state index in [1.807, 2.05) is 30.3 Å². The van der Waals surface area contributed by atoms with E-state index in [1.165, 1.54) is 23.1 Å². The van der Waals surface area contributed by atoms with Gasteiger partial charge in [0.1, 0.15) is 6.10 Å². The number of hydrogen-bond acceptors (Lipinski definition) is 2. The average molecular weight is 512 g/mol. The van der Waals surface area contributed by atoms with Crippen molar-refractivity contribution in [3.8, 4) is 0 Å². The van der Waals surface area contributed by atoms with E-state index in [9.17, 15) is 31.1 Å². The Morgan fingerprint density at radius 1 is 0.889 bits per heavy atom. The van der Waals surface area contributed by atoms with Crippen LogP contribution >= 0.6 is 0 Å². The van der Waals surface area contributed by atoms with Gasteiger partial charge in [0.25, 0.3) is 0 Å². The first kappa shape index (κ1) is 27.4. The lowest BCUT2D eigenvalue weighted by Crippen LogP contribution is -2.32. The van der Waals surface area contributed by atoms with E-state index >= 15 is 0 Å². The SMILES string of the molecule is CC(C(=O)N(C)CC[C@@H](OC1=CC=C(C(F)(F)F)CC1)c1ccccc1)c1ccc(C(F)(F)F)cc1. The zero-order valence-corrected chi connectivity index (χ0v) is 19.9. The smallest absolute Gasteiger partial charge is 0.416 e. The Morgan fingerprint density at radius 3 is 2.06 bits per heavy atom. The first-order valence-corrected chi connectivity index (χ1v) is 11.5. The zero-order valence-electron chi connectivity index (χ0n) is 19.9. The number of amides is 1. The van der Waals surface area contributed by atoms with Crippen LogP contribution in [0.4, 0.5) is 26.3 Å². The maximum Gasteiger partial charge on any atom is 0.416 e. The summed E-state index contributed by atoms with van der Waals surface area (Å²) in [5.41, 5.74) is -0.0963. The van der Waals surface area contributed by atoms with Crippen molar-refractivity contribution in [3.63, 3.8) is 0 Å². The predicted octanol–water partition coefficient (Wildman–Crippen LogP) is 7.58. The molecule has 3 nitrogen and oxygen atoms in total.